The molecule has 0 atom stereocenters. The number of benzene rings is 3. The Kier molecular flexibility index (Phi) is 5.19. The molecule has 27 heavy (non-hydrogen) atoms. The van der Waals surface area contributed by atoms with Crippen molar-refractivity contribution in [3.63, 3.8) is 0 Å². The molecule has 1 amide bonds. The zero-order valence-corrected chi connectivity index (χ0v) is 14.4. The van der Waals surface area contributed by atoms with Crippen LogP contribution >= 0.6 is 11.6 Å². The van der Waals surface area contributed by atoms with Crippen LogP contribution in [0.3, 0.4) is 0 Å². The first kappa shape index (κ1) is 18.5. The van der Waals surface area contributed by atoms with E-state index in [0.717, 1.165) is 12.1 Å². The van der Waals surface area contributed by atoms with Crippen molar-refractivity contribution in [1.29, 1.82) is 0 Å². The number of hydrogen-bond acceptors (Lipinski definition) is 2. The first-order valence-electron chi connectivity index (χ1n) is 7.76. The Labute approximate surface area is 158 Å². The third-order valence-corrected chi connectivity index (χ3v) is 4.28. The molecule has 0 aliphatic heterocycles. The number of carboxylic acid groups (broad SMARTS) is 1. The van der Waals surface area contributed by atoms with Crippen LogP contribution in [0.1, 0.15) is 20.7 Å². The molecule has 136 valence electrons. The van der Waals surface area contributed by atoms with Gasteiger partial charge >= 0.3 is 5.97 Å². The Morgan fingerprint density at radius 1 is 0.889 bits per heavy atom. The van der Waals surface area contributed by atoms with Gasteiger partial charge in [0.1, 0.15) is 17.2 Å². The van der Waals surface area contributed by atoms with Gasteiger partial charge in [0.15, 0.2) is 0 Å². The molecule has 0 fully saturated rings. The summed E-state index contributed by atoms with van der Waals surface area (Å²) in [6, 6.07) is 14.1. The SMILES string of the molecule is O=C(O)c1cccc(-c2ccc(NC(=O)c3c(F)cccc3F)cc2)c1Cl. The Hall–Kier alpha value is -3.25. The maximum Gasteiger partial charge on any atom is 0.337 e. The van der Waals surface area contributed by atoms with E-state index in [2.05, 4.69) is 5.32 Å². The lowest BCUT2D eigenvalue weighted by atomic mass is 10.0. The molecule has 0 heterocycles. The summed E-state index contributed by atoms with van der Waals surface area (Å²) >= 11 is 6.14. The van der Waals surface area contributed by atoms with E-state index < -0.39 is 29.1 Å². The molecule has 2 N–H and O–H groups in total. The second kappa shape index (κ2) is 7.55. The van der Waals surface area contributed by atoms with Crippen molar-refractivity contribution in [2.45, 2.75) is 0 Å². The Bertz CT molecular complexity index is 1020. The molecular formula is C20H12ClF2NO3. The summed E-state index contributed by atoms with van der Waals surface area (Å²) in [6.45, 7) is 0. The molecule has 0 aliphatic carbocycles. The highest BCUT2D eigenvalue weighted by Gasteiger charge is 2.17. The van der Waals surface area contributed by atoms with Gasteiger partial charge in [-0.05, 0) is 35.9 Å². The van der Waals surface area contributed by atoms with Gasteiger partial charge in [-0.3, -0.25) is 4.79 Å². The van der Waals surface area contributed by atoms with Gasteiger partial charge in [-0.1, -0.05) is 41.9 Å². The minimum Gasteiger partial charge on any atom is -0.478 e. The minimum atomic E-state index is -1.14. The quantitative estimate of drug-likeness (QED) is 0.643. The number of rotatable bonds is 4. The zero-order chi connectivity index (χ0) is 19.6. The summed E-state index contributed by atoms with van der Waals surface area (Å²) in [5.74, 6) is -3.97. The molecule has 0 saturated heterocycles. The molecule has 0 unspecified atom stereocenters. The molecule has 0 saturated carbocycles. The van der Waals surface area contributed by atoms with Crippen LogP contribution in [0.15, 0.2) is 60.7 Å². The van der Waals surface area contributed by atoms with E-state index in [1.165, 1.54) is 24.3 Å². The molecule has 0 aliphatic rings. The van der Waals surface area contributed by atoms with E-state index in [9.17, 15) is 18.4 Å². The Balaban J connectivity index is 1.86. The van der Waals surface area contributed by atoms with Gasteiger partial charge in [0.2, 0.25) is 0 Å². The summed E-state index contributed by atoms with van der Waals surface area (Å²) < 4.78 is 27.3. The van der Waals surface area contributed by atoms with Crippen molar-refractivity contribution in [3.8, 4) is 11.1 Å². The van der Waals surface area contributed by atoms with E-state index in [0.29, 0.717) is 16.8 Å². The van der Waals surface area contributed by atoms with Crippen LogP contribution in [0, 0.1) is 11.6 Å². The highest BCUT2D eigenvalue weighted by Crippen LogP contribution is 2.31. The summed E-state index contributed by atoms with van der Waals surface area (Å²) in [6.07, 6.45) is 0. The van der Waals surface area contributed by atoms with Crippen molar-refractivity contribution >= 4 is 29.2 Å². The first-order valence-corrected chi connectivity index (χ1v) is 8.14. The van der Waals surface area contributed by atoms with Crippen LogP contribution < -0.4 is 5.32 Å². The highest BCUT2D eigenvalue weighted by atomic mass is 35.5. The number of hydrogen-bond donors (Lipinski definition) is 2. The van der Waals surface area contributed by atoms with Gasteiger partial charge in [-0.15, -0.1) is 0 Å². The Morgan fingerprint density at radius 2 is 1.48 bits per heavy atom. The maximum atomic E-state index is 13.7. The summed E-state index contributed by atoms with van der Waals surface area (Å²) in [4.78, 5) is 23.3. The monoisotopic (exact) mass is 387 g/mol. The van der Waals surface area contributed by atoms with Crippen molar-refractivity contribution in [1.82, 2.24) is 0 Å². The third-order valence-electron chi connectivity index (χ3n) is 3.87. The van der Waals surface area contributed by atoms with Crippen LogP contribution in [0.5, 0.6) is 0 Å². The number of carbonyl (C=O) groups is 2. The van der Waals surface area contributed by atoms with E-state index in [1.54, 1.807) is 24.3 Å². The fourth-order valence-corrected chi connectivity index (χ4v) is 2.88. The van der Waals surface area contributed by atoms with Gasteiger partial charge in [0.05, 0.1) is 10.6 Å². The number of anilines is 1. The molecule has 0 bridgehead atoms. The van der Waals surface area contributed by atoms with Crippen LogP contribution in [-0.2, 0) is 0 Å². The van der Waals surface area contributed by atoms with Crippen molar-refractivity contribution in [3.05, 3.63) is 88.4 Å². The number of aromatic carboxylic acids is 1. The molecule has 3 aromatic carbocycles. The largest absolute Gasteiger partial charge is 0.478 e. The lowest BCUT2D eigenvalue weighted by Gasteiger charge is -2.10. The summed E-state index contributed by atoms with van der Waals surface area (Å²) in [5, 5.41) is 11.6. The van der Waals surface area contributed by atoms with Crippen LogP contribution in [0.25, 0.3) is 11.1 Å². The number of carbonyl (C=O) groups excluding carboxylic acids is 1. The van der Waals surface area contributed by atoms with E-state index in [-0.39, 0.29) is 10.6 Å². The topological polar surface area (TPSA) is 66.4 Å². The fraction of sp³-hybridized carbons (Fsp3) is 0. The average Bonchev–Trinajstić information content (AvgIpc) is 2.62. The third kappa shape index (κ3) is 3.80. The normalized spacial score (nSPS) is 10.5. The molecule has 4 nitrogen and oxygen atoms in total. The molecule has 0 aromatic heterocycles. The van der Waals surface area contributed by atoms with Crippen LogP contribution in [0.4, 0.5) is 14.5 Å². The van der Waals surface area contributed by atoms with Gasteiger partial charge in [0, 0.05) is 11.3 Å². The van der Waals surface area contributed by atoms with Gasteiger partial charge in [-0.25, -0.2) is 13.6 Å². The minimum absolute atomic E-state index is 0.0263. The average molecular weight is 388 g/mol. The summed E-state index contributed by atoms with van der Waals surface area (Å²) in [7, 11) is 0. The second-order valence-electron chi connectivity index (χ2n) is 5.60. The second-order valence-corrected chi connectivity index (χ2v) is 5.98. The fourth-order valence-electron chi connectivity index (χ4n) is 2.56. The molecular weight excluding hydrogens is 376 g/mol. The summed E-state index contributed by atoms with van der Waals surface area (Å²) in [5.41, 5.74) is 0.755. The smallest absolute Gasteiger partial charge is 0.337 e. The van der Waals surface area contributed by atoms with Crippen LogP contribution in [0.2, 0.25) is 5.02 Å². The zero-order valence-electron chi connectivity index (χ0n) is 13.7. The molecule has 3 rings (SSSR count). The molecule has 3 aromatic rings. The standard InChI is InChI=1S/C20H12ClF2NO3/c21-18-13(3-1-4-14(18)20(26)27)11-7-9-12(10-8-11)24-19(25)17-15(22)5-2-6-16(17)23/h1-10H,(H,24,25)(H,26,27). The van der Waals surface area contributed by atoms with Crippen molar-refractivity contribution < 1.29 is 23.5 Å². The Morgan fingerprint density at radius 3 is 2.07 bits per heavy atom. The van der Waals surface area contributed by atoms with E-state index in [4.69, 9.17) is 16.7 Å². The van der Waals surface area contributed by atoms with Crippen molar-refractivity contribution in [2.24, 2.45) is 0 Å². The first-order chi connectivity index (χ1) is 12.9. The number of nitrogens with one attached hydrogen (secondary N) is 1. The molecule has 0 spiro atoms. The van der Waals surface area contributed by atoms with Gasteiger partial charge < -0.3 is 10.4 Å². The lowest BCUT2D eigenvalue weighted by Crippen LogP contribution is -2.15. The number of amides is 1. The highest BCUT2D eigenvalue weighted by molar-refractivity contribution is 6.36. The lowest BCUT2D eigenvalue weighted by molar-refractivity contribution is 0.0697. The van der Waals surface area contributed by atoms with E-state index >= 15 is 0 Å². The van der Waals surface area contributed by atoms with Gasteiger partial charge in [0.25, 0.3) is 5.91 Å². The van der Waals surface area contributed by atoms with Crippen molar-refractivity contribution in [2.75, 3.05) is 5.32 Å². The predicted octanol–water partition coefficient (Wildman–Crippen LogP) is 5.24. The van der Waals surface area contributed by atoms with E-state index in [1.807, 2.05) is 0 Å². The van der Waals surface area contributed by atoms with Gasteiger partial charge in [-0.2, -0.15) is 0 Å². The molecule has 7 heteroatoms. The number of carboxylic acids is 1. The number of halogens is 3. The molecule has 0 radical (unpaired) electrons. The maximum absolute atomic E-state index is 13.7. The van der Waals surface area contributed by atoms with Crippen LogP contribution in [-0.4, -0.2) is 17.0 Å². The predicted molar refractivity (Wildman–Crippen MR) is 98.2 cm³/mol.